The second-order valence-electron chi connectivity index (χ2n) is 6.56. The topological polar surface area (TPSA) is 0 Å². The molecule has 0 unspecified atom stereocenters. The van der Waals surface area contributed by atoms with Gasteiger partial charge in [0.2, 0.25) is 0 Å². The summed E-state index contributed by atoms with van der Waals surface area (Å²) < 4.78 is 61.2. The van der Waals surface area contributed by atoms with Gasteiger partial charge in [-0.25, -0.2) is 22.0 Å². The zero-order valence-electron chi connectivity index (χ0n) is 18.0. The Bertz CT molecular complexity index is 1020. The lowest BCUT2D eigenvalue weighted by atomic mass is 10.0. The number of allylic oxidation sites excluding steroid dienone is 4. The van der Waals surface area contributed by atoms with Crippen LogP contribution in [0.2, 0.25) is 0 Å². The number of rotatable bonds is 4. The highest BCUT2D eigenvalue weighted by Crippen LogP contribution is 2.21. The zero-order chi connectivity index (χ0) is 23.9. The molecule has 3 rings (SSSR count). The van der Waals surface area contributed by atoms with Gasteiger partial charge in [-0.15, -0.1) is 0 Å². The average Bonchev–Trinajstić information content (AvgIpc) is 2.81. The number of benzene rings is 3. The van der Waals surface area contributed by atoms with E-state index in [-0.39, 0.29) is 23.5 Å². The molecule has 0 N–H and O–H groups in total. The van der Waals surface area contributed by atoms with Gasteiger partial charge in [0.05, 0.1) is 6.33 Å². The molecule has 0 radical (unpaired) electrons. The number of halogens is 5. The second kappa shape index (κ2) is 14.5. The van der Waals surface area contributed by atoms with Crippen LogP contribution in [0.1, 0.15) is 18.9 Å². The Hall–Kier alpha value is -3.47. The third-order valence-corrected chi connectivity index (χ3v) is 4.13. The van der Waals surface area contributed by atoms with E-state index in [0.717, 1.165) is 17.2 Å². The van der Waals surface area contributed by atoms with Crippen LogP contribution in [0.4, 0.5) is 22.0 Å². The quantitative estimate of drug-likeness (QED) is 0.278. The van der Waals surface area contributed by atoms with Crippen molar-refractivity contribution in [2.24, 2.45) is 0 Å². The maximum atomic E-state index is 13.3. The molecule has 0 aromatic heterocycles. The van der Waals surface area contributed by atoms with Gasteiger partial charge in [0, 0.05) is 0 Å². The molecule has 0 saturated carbocycles. The molecule has 0 nitrogen and oxygen atoms in total. The monoisotopic (exact) mass is 444 g/mol. The molecule has 0 bridgehead atoms. The number of aryl methyl sites for hydroxylation is 1. The molecule has 0 heterocycles. The van der Waals surface area contributed by atoms with Gasteiger partial charge in [0.15, 0.2) is 11.7 Å². The van der Waals surface area contributed by atoms with Crippen molar-refractivity contribution in [3.63, 3.8) is 0 Å². The van der Waals surface area contributed by atoms with Gasteiger partial charge < -0.3 is 0 Å². The SMILES string of the molecule is C=C(F)/C(F)=C\C(=C/F)CC.Cc1ccc(-c2ccccc2)cc1F.Fc1ccccc1. The van der Waals surface area contributed by atoms with Crippen LogP contribution >= 0.6 is 0 Å². The molecule has 0 aliphatic carbocycles. The van der Waals surface area contributed by atoms with Crippen molar-refractivity contribution in [2.45, 2.75) is 20.3 Å². The van der Waals surface area contributed by atoms with Crippen molar-refractivity contribution in [2.75, 3.05) is 0 Å². The van der Waals surface area contributed by atoms with E-state index in [0.29, 0.717) is 12.0 Å². The summed E-state index contributed by atoms with van der Waals surface area (Å²) in [4.78, 5) is 0. The van der Waals surface area contributed by atoms with E-state index >= 15 is 0 Å². The molecule has 0 fully saturated rings. The van der Waals surface area contributed by atoms with Gasteiger partial charge in [-0.05, 0) is 59.9 Å². The van der Waals surface area contributed by atoms with Gasteiger partial charge in [-0.1, -0.05) is 74.2 Å². The first-order valence-corrected chi connectivity index (χ1v) is 9.81. The highest BCUT2D eigenvalue weighted by atomic mass is 19.2. The van der Waals surface area contributed by atoms with Crippen LogP contribution in [-0.4, -0.2) is 0 Å². The molecule has 32 heavy (non-hydrogen) atoms. The van der Waals surface area contributed by atoms with Gasteiger partial charge >= 0.3 is 0 Å². The summed E-state index contributed by atoms with van der Waals surface area (Å²) in [7, 11) is 0. The smallest absolute Gasteiger partial charge is 0.158 e. The standard InChI is InChI=1S/C13H11F.C8H9F3.C6H5F/c1-10-7-8-12(9-13(10)14)11-5-3-2-4-6-11;1-3-7(5-9)4-8(11)6(2)10;7-6-4-2-1-3-5-6/h2-9H,1H3;4-5H,2-3H2,1H3;1-5H/b;7-5-,8-4+;. The Balaban J connectivity index is 0.000000254. The summed E-state index contributed by atoms with van der Waals surface area (Å²) in [5.41, 5.74) is 2.76. The fourth-order valence-electron chi connectivity index (χ4n) is 2.27. The predicted octanol–water partition coefficient (Wildman–Crippen LogP) is 9.21. The van der Waals surface area contributed by atoms with Crippen molar-refractivity contribution in [1.82, 2.24) is 0 Å². The van der Waals surface area contributed by atoms with Crippen LogP contribution in [0, 0.1) is 18.6 Å². The number of hydrogen-bond donors (Lipinski definition) is 0. The lowest BCUT2D eigenvalue weighted by molar-refractivity contribution is 0.546. The van der Waals surface area contributed by atoms with Crippen LogP contribution in [0.3, 0.4) is 0 Å². The van der Waals surface area contributed by atoms with Crippen molar-refractivity contribution in [3.8, 4) is 11.1 Å². The molecule has 3 aromatic rings. The van der Waals surface area contributed by atoms with E-state index in [1.165, 1.54) is 12.1 Å². The Kier molecular flexibility index (Phi) is 12.1. The predicted molar refractivity (Wildman–Crippen MR) is 122 cm³/mol. The highest BCUT2D eigenvalue weighted by Gasteiger charge is 2.01. The lowest BCUT2D eigenvalue weighted by Crippen LogP contribution is -1.83. The summed E-state index contributed by atoms with van der Waals surface area (Å²) in [5.74, 6) is -2.64. The van der Waals surface area contributed by atoms with Gasteiger partial charge in [-0.2, -0.15) is 0 Å². The van der Waals surface area contributed by atoms with E-state index in [9.17, 15) is 22.0 Å². The minimum atomic E-state index is -1.18. The lowest BCUT2D eigenvalue weighted by Gasteiger charge is -2.02. The summed E-state index contributed by atoms with van der Waals surface area (Å²) in [5, 5.41) is 0. The molecular formula is C27H25F5. The molecule has 0 saturated heterocycles. The molecule has 168 valence electrons. The zero-order valence-corrected chi connectivity index (χ0v) is 18.0. The largest absolute Gasteiger partial charge is 0.215 e. The minimum Gasteiger partial charge on any atom is -0.215 e. The first-order valence-electron chi connectivity index (χ1n) is 9.81. The van der Waals surface area contributed by atoms with Crippen molar-refractivity contribution in [1.29, 1.82) is 0 Å². The maximum absolute atomic E-state index is 13.3. The van der Waals surface area contributed by atoms with Crippen molar-refractivity contribution >= 4 is 0 Å². The molecule has 0 aliphatic rings. The molecule has 0 amide bonds. The van der Waals surface area contributed by atoms with Gasteiger partial charge in [0.25, 0.3) is 0 Å². The van der Waals surface area contributed by atoms with E-state index in [4.69, 9.17) is 0 Å². The summed E-state index contributed by atoms with van der Waals surface area (Å²) in [6.07, 6.45) is 1.34. The number of hydrogen-bond acceptors (Lipinski definition) is 0. The molecule has 0 spiro atoms. The van der Waals surface area contributed by atoms with Crippen molar-refractivity contribution in [3.05, 3.63) is 132 Å². The Morgan fingerprint density at radius 1 is 0.844 bits per heavy atom. The van der Waals surface area contributed by atoms with E-state index < -0.39 is 11.7 Å². The van der Waals surface area contributed by atoms with E-state index in [1.807, 2.05) is 36.4 Å². The van der Waals surface area contributed by atoms with Crippen LogP contribution in [-0.2, 0) is 0 Å². The summed E-state index contributed by atoms with van der Waals surface area (Å²) in [6.45, 7) is 6.12. The highest BCUT2D eigenvalue weighted by molar-refractivity contribution is 5.63. The second-order valence-corrected chi connectivity index (χ2v) is 6.56. The van der Waals surface area contributed by atoms with Gasteiger partial charge in [-0.3, -0.25) is 0 Å². The molecular weight excluding hydrogens is 419 g/mol. The minimum absolute atomic E-state index is 0.0984. The third-order valence-electron chi connectivity index (χ3n) is 4.13. The fourth-order valence-corrected chi connectivity index (χ4v) is 2.27. The van der Waals surface area contributed by atoms with E-state index in [2.05, 4.69) is 6.58 Å². The van der Waals surface area contributed by atoms with Crippen molar-refractivity contribution < 1.29 is 22.0 Å². The first-order chi connectivity index (χ1) is 15.3. The normalized spacial score (nSPS) is 11.0. The molecule has 0 atom stereocenters. The van der Waals surface area contributed by atoms with Crippen LogP contribution < -0.4 is 0 Å². The van der Waals surface area contributed by atoms with Gasteiger partial charge in [0.1, 0.15) is 11.6 Å². The fraction of sp³-hybridized carbons (Fsp3) is 0.111. The van der Waals surface area contributed by atoms with Crippen LogP contribution in [0.5, 0.6) is 0 Å². The van der Waals surface area contributed by atoms with E-state index in [1.54, 1.807) is 44.2 Å². The Morgan fingerprint density at radius 3 is 1.81 bits per heavy atom. The Labute approximate surface area is 186 Å². The molecule has 5 heteroatoms. The third kappa shape index (κ3) is 10.0. The maximum Gasteiger partial charge on any atom is 0.158 e. The molecule has 3 aromatic carbocycles. The van der Waals surface area contributed by atoms with Crippen LogP contribution in [0.25, 0.3) is 11.1 Å². The Morgan fingerprint density at radius 2 is 1.41 bits per heavy atom. The van der Waals surface area contributed by atoms with Crippen LogP contribution in [0.15, 0.2) is 115 Å². The molecule has 0 aliphatic heterocycles. The first kappa shape index (κ1) is 26.6. The average molecular weight is 444 g/mol. The summed E-state index contributed by atoms with van der Waals surface area (Å²) >= 11 is 0. The summed E-state index contributed by atoms with van der Waals surface area (Å²) in [6, 6.07) is 23.1.